The lowest BCUT2D eigenvalue weighted by Gasteiger charge is -2.33. The van der Waals surface area contributed by atoms with E-state index in [4.69, 9.17) is 4.98 Å². The number of para-hydroxylation sites is 2. The molecule has 1 aliphatic heterocycles. The van der Waals surface area contributed by atoms with E-state index in [1.807, 2.05) is 12.1 Å². The van der Waals surface area contributed by atoms with Crippen LogP contribution in [0.5, 0.6) is 0 Å². The number of aromatic nitrogens is 5. The first-order valence-electron chi connectivity index (χ1n) is 9.41. The number of rotatable bonds is 3. The summed E-state index contributed by atoms with van der Waals surface area (Å²) < 4.78 is 3.85. The third kappa shape index (κ3) is 2.84. The molecule has 4 heterocycles. The van der Waals surface area contributed by atoms with Gasteiger partial charge in [-0.2, -0.15) is 0 Å². The number of hydrogen-bond donors (Lipinski definition) is 1. The van der Waals surface area contributed by atoms with Crippen molar-refractivity contribution in [3.05, 3.63) is 64.5 Å². The number of nitrogens with one attached hydrogen (secondary N) is 1. The van der Waals surface area contributed by atoms with Gasteiger partial charge in [0, 0.05) is 44.0 Å². The van der Waals surface area contributed by atoms with Crippen molar-refractivity contribution < 1.29 is 0 Å². The highest BCUT2D eigenvalue weighted by Gasteiger charge is 2.23. The van der Waals surface area contributed by atoms with Gasteiger partial charge in [-0.25, -0.2) is 14.5 Å². The van der Waals surface area contributed by atoms with Crippen LogP contribution in [0.3, 0.4) is 0 Å². The van der Waals surface area contributed by atoms with Gasteiger partial charge in [-0.15, -0.1) is 0 Å². The van der Waals surface area contributed by atoms with Crippen LogP contribution in [0, 0.1) is 6.92 Å². The van der Waals surface area contributed by atoms with E-state index in [1.54, 1.807) is 12.3 Å². The van der Waals surface area contributed by atoms with Gasteiger partial charge in [0.2, 0.25) is 0 Å². The molecule has 27 heavy (non-hydrogen) atoms. The lowest BCUT2D eigenvalue weighted by Crippen LogP contribution is -2.35. The van der Waals surface area contributed by atoms with Crippen molar-refractivity contribution in [3.63, 3.8) is 0 Å². The number of likely N-dealkylation sites (tertiary alicyclic amines) is 1. The highest BCUT2D eigenvalue weighted by Crippen LogP contribution is 2.29. The van der Waals surface area contributed by atoms with Gasteiger partial charge >= 0.3 is 0 Å². The molecule has 0 bridgehead atoms. The lowest BCUT2D eigenvalue weighted by atomic mass is 10.0. The quantitative estimate of drug-likeness (QED) is 0.608. The van der Waals surface area contributed by atoms with Gasteiger partial charge in [0.05, 0.1) is 16.7 Å². The Hall–Kier alpha value is -2.93. The van der Waals surface area contributed by atoms with Crippen LogP contribution in [0.4, 0.5) is 0 Å². The molecule has 0 amide bonds. The summed E-state index contributed by atoms with van der Waals surface area (Å²) in [7, 11) is 0. The molecule has 0 radical (unpaired) electrons. The predicted octanol–water partition coefficient (Wildman–Crippen LogP) is 2.52. The zero-order chi connectivity index (χ0) is 18.4. The topological polar surface area (TPSA) is 71.2 Å². The number of aryl methyl sites for hydroxylation is 1. The van der Waals surface area contributed by atoms with Crippen LogP contribution in [0.25, 0.3) is 16.7 Å². The maximum Gasteiger partial charge on any atom is 0.272 e. The Morgan fingerprint density at radius 2 is 1.96 bits per heavy atom. The van der Waals surface area contributed by atoms with E-state index in [2.05, 4.69) is 44.7 Å². The molecule has 0 atom stereocenters. The molecule has 4 aromatic rings. The second-order valence-corrected chi connectivity index (χ2v) is 7.27. The van der Waals surface area contributed by atoms with Crippen LogP contribution < -0.4 is 5.56 Å². The molecular formula is C20H22N6O. The first-order chi connectivity index (χ1) is 13.2. The van der Waals surface area contributed by atoms with Crippen molar-refractivity contribution in [2.45, 2.75) is 32.4 Å². The summed E-state index contributed by atoms with van der Waals surface area (Å²) in [6.07, 6.45) is 3.88. The van der Waals surface area contributed by atoms with Crippen LogP contribution in [0.2, 0.25) is 0 Å². The Morgan fingerprint density at radius 3 is 2.81 bits per heavy atom. The summed E-state index contributed by atoms with van der Waals surface area (Å²) in [5.41, 5.74) is 3.74. The fraction of sp³-hybridized carbons (Fsp3) is 0.350. The summed E-state index contributed by atoms with van der Waals surface area (Å²) >= 11 is 0. The van der Waals surface area contributed by atoms with Crippen LogP contribution >= 0.6 is 0 Å². The number of hydrogen-bond acceptors (Lipinski definition) is 4. The van der Waals surface area contributed by atoms with E-state index >= 15 is 0 Å². The normalized spacial score (nSPS) is 16.5. The second kappa shape index (κ2) is 6.35. The monoisotopic (exact) mass is 362 g/mol. The van der Waals surface area contributed by atoms with E-state index in [-0.39, 0.29) is 5.56 Å². The van der Waals surface area contributed by atoms with E-state index in [0.29, 0.717) is 18.2 Å². The molecule has 1 saturated heterocycles. The largest absolute Gasteiger partial charge is 0.325 e. The van der Waals surface area contributed by atoms with Crippen LogP contribution in [-0.4, -0.2) is 42.1 Å². The molecule has 0 unspecified atom stereocenters. The van der Waals surface area contributed by atoms with Gasteiger partial charge in [0.25, 0.3) is 5.56 Å². The number of piperidine rings is 1. The minimum Gasteiger partial charge on any atom is -0.325 e. The van der Waals surface area contributed by atoms with Crippen LogP contribution in [-0.2, 0) is 6.54 Å². The number of imidazole rings is 1. The summed E-state index contributed by atoms with van der Waals surface area (Å²) in [6.45, 7) is 4.79. The Balaban J connectivity index is 1.32. The van der Waals surface area contributed by atoms with Crippen LogP contribution in [0.1, 0.15) is 30.4 Å². The lowest BCUT2D eigenvalue weighted by molar-refractivity contribution is 0.178. The molecule has 7 heteroatoms. The molecule has 1 aliphatic rings. The van der Waals surface area contributed by atoms with Gasteiger partial charge in [-0.05, 0) is 31.9 Å². The minimum absolute atomic E-state index is 0.0598. The van der Waals surface area contributed by atoms with Gasteiger partial charge in [-0.3, -0.25) is 14.8 Å². The fourth-order valence-corrected chi connectivity index (χ4v) is 4.25. The maximum atomic E-state index is 12.1. The van der Waals surface area contributed by atoms with Crippen molar-refractivity contribution in [2.75, 3.05) is 13.1 Å². The van der Waals surface area contributed by atoms with Crippen molar-refractivity contribution >= 4 is 16.7 Å². The summed E-state index contributed by atoms with van der Waals surface area (Å²) in [5.74, 6) is 1.09. The third-order valence-electron chi connectivity index (χ3n) is 5.51. The van der Waals surface area contributed by atoms with Gasteiger partial charge in [-0.1, -0.05) is 12.1 Å². The SMILES string of the molecule is Cc1nc2ccccc2n1C1CCN(Cc2cc(=O)n3[nH]ccc3n2)CC1. The predicted molar refractivity (Wildman–Crippen MR) is 104 cm³/mol. The minimum atomic E-state index is -0.0598. The van der Waals surface area contributed by atoms with Gasteiger partial charge in [0.15, 0.2) is 5.65 Å². The van der Waals surface area contributed by atoms with Crippen LogP contribution in [0.15, 0.2) is 47.4 Å². The van der Waals surface area contributed by atoms with E-state index < -0.39 is 0 Å². The number of aromatic amines is 1. The fourth-order valence-electron chi connectivity index (χ4n) is 4.25. The van der Waals surface area contributed by atoms with Crippen molar-refractivity contribution in [1.29, 1.82) is 0 Å². The average Bonchev–Trinajstić information content (AvgIpc) is 3.26. The molecule has 0 spiro atoms. The van der Waals surface area contributed by atoms with E-state index in [1.165, 1.54) is 10.0 Å². The summed E-state index contributed by atoms with van der Waals surface area (Å²) in [6, 6.07) is 12.3. The second-order valence-electron chi connectivity index (χ2n) is 7.27. The van der Waals surface area contributed by atoms with E-state index in [9.17, 15) is 4.79 Å². The zero-order valence-corrected chi connectivity index (χ0v) is 15.3. The molecule has 0 saturated carbocycles. The smallest absolute Gasteiger partial charge is 0.272 e. The highest BCUT2D eigenvalue weighted by molar-refractivity contribution is 5.76. The molecule has 3 aromatic heterocycles. The third-order valence-corrected chi connectivity index (χ3v) is 5.51. The first-order valence-corrected chi connectivity index (χ1v) is 9.41. The molecule has 0 aliphatic carbocycles. The molecule has 1 aromatic carbocycles. The molecule has 1 fully saturated rings. The Labute approximate surface area is 156 Å². The standard InChI is InChI=1S/C20H22N6O/c1-14-22-17-4-2-3-5-18(17)25(14)16-7-10-24(11-8-16)13-15-12-20(27)26-19(23-15)6-9-21-26/h2-6,9,12,16,21H,7-8,10-11,13H2,1H3. The molecule has 7 nitrogen and oxygen atoms in total. The van der Waals surface area contributed by atoms with Crippen molar-refractivity contribution in [3.8, 4) is 0 Å². The van der Waals surface area contributed by atoms with Crippen molar-refractivity contribution in [1.82, 2.24) is 29.0 Å². The number of H-pyrrole nitrogens is 1. The molecule has 1 N–H and O–H groups in total. The Bertz CT molecular complexity index is 1160. The molecular weight excluding hydrogens is 340 g/mol. The number of nitrogens with zero attached hydrogens (tertiary/aromatic N) is 5. The summed E-state index contributed by atoms with van der Waals surface area (Å²) in [5, 5.41) is 2.88. The molecule has 5 rings (SSSR count). The number of fused-ring (bicyclic) bond motifs is 2. The van der Waals surface area contributed by atoms with E-state index in [0.717, 1.165) is 43.0 Å². The first kappa shape index (κ1) is 16.3. The Morgan fingerprint density at radius 1 is 1.15 bits per heavy atom. The summed E-state index contributed by atoms with van der Waals surface area (Å²) in [4.78, 5) is 23.8. The van der Waals surface area contributed by atoms with Gasteiger partial charge < -0.3 is 4.57 Å². The molecule has 138 valence electrons. The average molecular weight is 362 g/mol. The maximum absolute atomic E-state index is 12.1. The van der Waals surface area contributed by atoms with Gasteiger partial charge in [0.1, 0.15) is 5.82 Å². The zero-order valence-electron chi connectivity index (χ0n) is 15.3. The highest BCUT2D eigenvalue weighted by atomic mass is 16.1. The number of benzene rings is 1. The van der Waals surface area contributed by atoms with Crippen molar-refractivity contribution in [2.24, 2.45) is 0 Å². The Kier molecular flexibility index (Phi) is 3.82.